The molecular formula is C26H27F3N6O2. The lowest BCUT2D eigenvalue weighted by atomic mass is 9.90. The molecular weight excluding hydrogens is 485 g/mol. The first-order valence-electron chi connectivity index (χ1n) is 12.2. The Morgan fingerprint density at radius 3 is 2.59 bits per heavy atom. The van der Waals surface area contributed by atoms with Crippen LogP contribution < -0.4 is 5.32 Å². The van der Waals surface area contributed by atoms with Gasteiger partial charge in [0, 0.05) is 31.5 Å². The van der Waals surface area contributed by atoms with Crippen molar-refractivity contribution in [3.63, 3.8) is 0 Å². The van der Waals surface area contributed by atoms with Crippen molar-refractivity contribution < 1.29 is 22.7 Å². The van der Waals surface area contributed by atoms with Gasteiger partial charge in [-0.05, 0) is 55.5 Å². The molecule has 1 aliphatic heterocycles. The van der Waals surface area contributed by atoms with Crippen LogP contribution in [0.25, 0.3) is 11.4 Å². The van der Waals surface area contributed by atoms with Crippen molar-refractivity contribution in [1.82, 2.24) is 24.6 Å². The van der Waals surface area contributed by atoms with Crippen LogP contribution in [0.1, 0.15) is 46.4 Å². The fourth-order valence-electron chi connectivity index (χ4n) is 4.75. The van der Waals surface area contributed by atoms with E-state index in [9.17, 15) is 18.0 Å². The molecule has 1 saturated heterocycles. The van der Waals surface area contributed by atoms with E-state index in [1.807, 2.05) is 13.0 Å². The van der Waals surface area contributed by atoms with Gasteiger partial charge in [0.05, 0.1) is 48.1 Å². The highest BCUT2D eigenvalue weighted by Crippen LogP contribution is 2.31. The number of carbonyl (C=O) groups excluding carboxylic acids is 1. The number of alkyl halides is 3. The number of pyridine rings is 2. The average Bonchev–Trinajstić information content (AvgIpc) is 3.40. The first-order chi connectivity index (χ1) is 17.8. The van der Waals surface area contributed by atoms with E-state index < -0.39 is 17.6 Å². The predicted octanol–water partition coefficient (Wildman–Crippen LogP) is 4.51. The van der Waals surface area contributed by atoms with E-state index in [1.165, 1.54) is 28.7 Å². The summed E-state index contributed by atoms with van der Waals surface area (Å²) in [7, 11) is 0. The molecule has 3 aromatic rings. The van der Waals surface area contributed by atoms with Crippen molar-refractivity contribution in [2.24, 2.45) is 0 Å². The van der Waals surface area contributed by atoms with Crippen molar-refractivity contribution in [3.05, 3.63) is 71.4 Å². The summed E-state index contributed by atoms with van der Waals surface area (Å²) < 4.78 is 45.0. The lowest BCUT2D eigenvalue weighted by molar-refractivity contribution is -0.137. The first kappa shape index (κ1) is 25.1. The molecule has 3 aromatic heterocycles. The second kappa shape index (κ2) is 10.4. The van der Waals surface area contributed by atoms with Gasteiger partial charge in [-0.3, -0.25) is 14.7 Å². The Balaban J connectivity index is 1.22. The summed E-state index contributed by atoms with van der Waals surface area (Å²) in [4.78, 5) is 23.7. The molecule has 1 aliphatic carbocycles. The van der Waals surface area contributed by atoms with E-state index in [2.05, 4.69) is 31.4 Å². The van der Waals surface area contributed by atoms with Gasteiger partial charge in [-0.15, -0.1) is 0 Å². The zero-order valence-corrected chi connectivity index (χ0v) is 20.3. The van der Waals surface area contributed by atoms with E-state index in [4.69, 9.17) is 4.74 Å². The quantitative estimate of drug-likeness (QED) is 0.542. The molecule has 11 heteroatoms. The molecule has 0 bridgehead atoms. The number of allylic oxidation sites excluding steroid dienone is 1. The van der Waals surface area contributed by atoms with Crippen molar-refractivity contribution in [1.29, 1.82) is 0 Å². The monoisotopic (exact) mass is 512 g/mol. The van der Waals surface area contributed by atoms with E-state index in [1.54, 1.807) is 6.20 Å². The molecule has 8 nitrogen and oxygen atoms in total. The Hall–Kier alpha value is -3.57. The van der Waals surface area contributed by atoms with Crippen molar-refractivity contribution in [2.75, 3.05) is 31.6 Å². The van der Waals surface area contributed by atoms with Crippen molar-refractivity contribution >= 4 is 17.2 Å². The highest BCUT2D eigenvalue weighted by Gasteiger charge is 2.30. The number of carbonyl (C=O) groups is 1. The maximum absolute atomic E-state index is 12.8. The largest absolute Gasteiger partial charge is 0.417 e. The topological polar surface area (TPSA) is 85.2 Å². The Kier molecular flexibility index (Phi) is 7.07. The Bertz CT molecular complexity index is 1300. The summed E-state index contributed by atoms with van der Waals surface area (Å²) in [6.07, 6.45) is 5.96. The normalized spacial score (nSPS) is 18.9. The minimum Gasteiger partial charge on any atom is -0.379 e. The number of hydrogen-bond acceptors (Lipinski definition) is 6. The number of aromatic nitrogens is 4. The summed E-state index contributed by atoms with van der Waals surface area (Å²) in [5.74, 6) is -0.233. The maximum Gasteiger partial charge on any atom is 0.417 e. The smallest absolute Gasteiger partial charge is 0.379 e. The molecule has 37 heavy (non-hydrogen) atoms. The van der Waals surface area contributed by atoms with E-state index in [0.29, 0.717) is 11.7 Å². The number of anilines is 1. The summed E-state index contributed by atoms with van der Waals surface area (Å²) >= 11 is 0. The summed E-state index contributed by atoms with van der Waals surface area (Å²) in [6, 6.07) is 4.55. The van der Waals surface area contributed by atoms with Gasteiger partial charge in [0.15, 0.2) is 5.82 Å². The molecule has 1 unspecified atom stereocenters. The SMILES string of the molecule is Cc1cc(NC(=O)c2cnn(-c3ccc(C(F)(F)F)cn3)c2)cnc1C1=CCC(N2CCOCC2)CC1. The van der Waals surface area contributed by atoms with Crippen LogP contribution in [-0.2, 0) is 10.9 Å². The van der Waals surface area contributed by atoms with Gasteiger partial charge in [-0.1, -0.05) is 6.08 Å². The zero-order valence-electron chi connectivity index (χ0n) is 20.3. The third-order valence-electron chi connectivity index (χ3n) is 6.74. The number of amides is 1. The standard InChI is InChI=1S/C26H27F3N6O2/c1-17-12-21(15-31-24(17)18-2-5-22(6-3-18)34-8-10-37-11-9-34)33-25(36)19-13-32-35(16-19)23-7-4-20(14-30-23)26(27,28)29/h2,4,7,12-16,22H,3,5-6,8-11H2,1H3,(H,33,36). The molecule has 194 valence electrons. The molecule has 1 N–H and O–H groups in total. The molecule has 4 heterocycles. The predicted molar refractivity (Wildman–Crippen MR) is 131 cm³/mol. The van der Waals surface area contributed by atoms with Crippen LogP contribution in [0.4, 0.5) is 18.9 Å². The zero-order chi connectivity index (χ0) is 26.0. The average molecular weight is 513 g/mol. The molecule has 0 aromatic carbocycles. The number of morpholine rings is 1. The summed E-state index contributed by atoms with van der Waals surface area (Å²) in [5, 5.41) is 6.86. The molecule has 1 fully saturated rings. The third kappa shape index (κ3) is 5.72. The van der Waals surface area contributed by atoms with E-state index >= 15 is 0 Å². The molecule has 0 saturated carbocycles. The molecule has 2 aliphatic rings. The van der Waals surface area contributed by atoms with Crippen molar-refractivity contribution in [2.45, 2.75) is 38.4 Å². The van der Waals surface area contributed by atoms with Gasteiger partial charge < -0.3 is 10.1 Å². The van der Waals surface area contributed by atoms with Crippen LogP contribution in [0.15, 0.2) is 49.1 Å². The fourth-order valence-corrected chi connectivity index (χ4v) is 4.75. The van der Waals surface area contributed by atoms with Crippen molar-refractivity contribution in [3.8, 4) is 5.82 Å². The number of ether oxygens (including phenoxy) is 1. The molecule has 0 radical (unpaired) electrons. The minimum absolute atomic E-state index is 0.172. The Morgan fingerprint density at radius 1 is 1.14 bits per heavy atom. The van der Waals surface area contributed by atoms with Crippen LogP contribution >= 0.6 is 0 Å². The van der Waals surface area contributed by atoms with Crippen LogP contribution in [0.3, 0.4) is 0 Å². The lowest BCUT2D eigenvalue weighted by Crippen LogP contribution is -2.43. The molecule has 5 rings (SSSR count). The number of nitrogens with zero attached hydrogens (tertiary/aromatic N) is 5. The van der Waals surface area contributed by atoms with Crippen LogP contribution in [0.2, 0.25) is 0 Å². The number of rotatable bonds is 5. The van der Waals surface area contributed by atoms with Gasteiger partial charge in [-0.25, -0.2) is 9.67 Å². The highest BCUT2D eigenvalue weighted by atomic mass is 19.4. The second-order valence-corrected chi connectivity index (χ2v) is 9.23. The van der Waals surface area contributed by atoms with Gasteiger partial charge >= 0.3 is 6.18 Å². The number of aryl methyl sites for hydroxylation is 1. The van der Waals surface area contributed by atoms with Crippen LogP contribution in [0.5, 0.6) is 0 Å². The van der Waals surface area contributed by atoms with Gasteiger partial charge in [0.2, 0.25) is 0 Å². The van der Waals surface area contributed by atoms with Gasteiger partial charge in [0.25, 0.3) is 5.91 Å². The second-order valence-electron chi connectivity index (χ2n) is 9.23. The van der Waals surface area contributed by atoms with E-state index in [0.717, 1.165) is 69.1 Å². The van der Waals surface area contributed by atoms with Crippen LogP contribution in [-0.4, -0.2) is 62.9 Å². The number of nitrogens with one attached hydrogen (secondary N) is 1. The summed E-state index contributed by atoms with van der Waals surface area (Å²) in [6.45, 7) is 5.54. The molecule has 1 amide bonds. The summed E-state index contributed by atoms with van der Waals surface area (Å²) in [5.41, 5.74) is 3.08. The van der Waals surface area contributed by atoms with Gasteiger partial charge in [-0.2, -0.15) is 18.3 Å². The Labute approximate surface area is 212 Å². The first-order valence-corrected chi connectivity index (χ1v) is 12.2. The molecule has 0 spiro atoms. The van der Waals surface area contributed by atoms with Crippen LogP contribution in [0, 0.1) is 6.92 Å². The van der Waals surface area contributed by atoms with Gasteiger partial charge in [0.1, 0.15) is 0 Å². The Morgan fingerprint density at radius 2 is 1.95 bits per heavy atom. The van der Waals surface area contributed by atoms with E-state index in [-0.39, 0.29) is 11.4 Å². The highest BCUT2D eigenvalue weighted by molar-refractivity contribution is 6.04. The maximum atomic E-state index is 12.8. The lowest BCUT2D eigenvalue weighted by Gasteiger charge is -2.36. The number of halogens is 3. The minimum atomic E-state index is -4.47. The molecule has 1 atom stereocenters. The third-order valence-corrected chi connectivity index (χ3v) is 6.74. The fraction of sp³-hybridized carbons (Fsp3) is 0.385. The number of hydrogen-bond donors (Lipinski definition) is 1.